The fourth-order valence-corrected chi connectivity index (χ4v) is 1.56. The number of carboxylic acid groups (broad SMARTS) is 3. The Balaban J connectivity index is 4.69. The van der Waals surface area contributed by atoms with E-state index in [4.69, 9.17) is 15.3 Å². The van der Waals surface area contributed by atoms with Crippen molar-refractivity contribution in [1.29, 1.82) is 0 Å². The minimum absolute atomic E-state index is 0.0135. The minimum Gasteiger partial charge on any atom is -0.481 e. The molecule has 0 aliphatic rings. The molecule has 0 saturated heterocycles. The van der Waals surface area contributed by atoms with Gasteiger partial charge in [-0.2, -0.15) is 0 Å². The van der Waals surface area contributed by atoms with Crippen LogP contribution in [0.5, 0.6) is 0 Å². The van der Waals surface area contributed by atoms with Crippen LogP contribution in [0.3, 0.4) is 0 Å². The molecule has 0 spiro atoms. The van der Waals surface area contributed by atoms with Crippen LogP contribution in [0.4, 0.5) is 0 Å². The van der Waals surface area contributed by atoms with E-state index in [9.17, 15) is 14.4 Å². The molecule has 0 rings (SSSR count). The van der Waals surface area contributed by atoms with E-state index in [1.807, 2.05) is 0 Å². The number of carboxylic acids is 3. The lowest BCUT2D eigenvalue weighted by Gasteiger charge is -2.16. The van der Waals surface area contributed by atoms with Gasteiger partial charge in [0, 0.05) is 0 Å². The van der Waals surface area contributed by atoms with Crippen molar-refractivity contribution in [3.05, 3.63) is 0 Å². The first kappa shape index (κ1) is 12.8. The van der Waals surface area contributed by atoms with Gasteiger partial charge >= 0.3 is 17.9 Å². The van der Waals surface area contributed by atoms with Gasteiger partial charge < -0.3 is 15.3 Å². The number of hydrogen-bond acceptors (Lipinski definition) is 3. The zero-order chi connectivity index (χ0) is 11.3. The third kappa shape index (κ3) is 3.70. The van der Waals surface area contributed by atoms with Crippen LogP contribution in [0.1, 0.15) is 6.42 Å². The summed E-state index contributed by atoms with van der Waals surface area (Å²) >= 11 is 0. The highest BCUT2D eigenvalue weighted by Crippen LogP contribution is 2.19. The summed E-state index contributed by atoms with van der Waals surface area (Å²) in [5, 5.41) is 25.7. The second kappa shape index (κ2) is 5.54. The standard InChI is InChI=1S/C7H11O6P/c8-5(9)1-3(6(10)11)4(2-14)7(12)13/h3-4H,1-2,14H2,(H,8,9)(H,10,11)(H,12,13). The summed E-state index contributed by atoms with van der Waals surface area (Å²) in [6.07, 6.45) is -0.666. The topological polar surface area (TPSA) is 112 Å². The number of hydrogen-bond donors (Lipinski definition) is 3. The number of aliphatic carboxylic acids is 3. The Morgan fingerprint density at radius 3 is 1.64 bits per heavy atom. The Kier molecular flexibility index (Phi) is 5.09. The number of carbonyl (C=O) groups is 3. The Labute approximate surface area is 82.1 Å². The molecular formula is C7H11O6P. The van der Waals surface area contributed by atoms with E-state index in [1.54, 1.807) is 0 Å². The summed E-state index contributed by atoms with van der Waals surface area (Å²) in [5.74, 6) is -6.59. The van der Waals surface area contributed by atoms with Crippen molar-refractivity contribution < 1.29 is 29.7 Å². The summed E-state index contributed by atoms with van der Waals surface area (Å²) in [6, 6.07) is 0. The first-order chi connectivity index (χ1) is 6.40. The lowest BCUT2D eigenvalue weighted by molar-refractivity contribution is -0.156. The Morgan fingerprint density at radius 1 is 1.00 bits per heavy atom. The van der Waals surface area contributed by atoms with Gasteiger partial charge in [-0.05, 0) is 6.16 Å². The molecule has 0 aliphatic carbocycles. The van der Waals surface area contributed by atoms with Crippen LogP contribution in [0.25, 0.3) is 0 Å². The predicted molar refractivity (Wildman–Crippen MR) is 49.1 cm³/mol. The van der Waals surface area contributed by atoms with Gasteiger partial charge in [0.1, 0.15) is 0 Å². The Bertz CT molecular complexity index is 251. The highest BCUT2D eigenvalue weighted by Gasteiger charge is 2.34. The molecule has 0 fully saturated rings. The highest BCUT2D eigenvalue weighted by molar-refractivity contribution is 7.16. The molecule has 0 amide bonds. The van der Waals surface area contributed by atoms with Crippen LogP contribution in [-0.4, -0.2) is 39.4 Å². The zero-order valence-corrected chi connectivity index (χ0v) is 8.37. The van der Waals surface area contributed by atoms with Gasteiger partial charge in [0.15, 0.2) is 0 Å². The molecule has 3 N–H and O–H groups in total. The van der Waals surface area contributed by atoms with Crippen LogP contribution in [0.2, 0.25) is 0 Å². The van der Waals surface area contributed by atoms with E-state index in [0.29, 0.717) is 0 Å². The molecule has 0 heterocycles. The van der Waals surface area contributed by atoms with Crippen molar-refractivity contribution in [3.63, 3.8) is 0 Å². The maximum atomic E-state index is 10.6. The summed E-state index contributed by atoms with van der Waals surface area (Å²) < 4.78 is 0. The van der Waals surface area contributed by atoms with Crippen molar-refractivity contribution in [2.75, 3.05) is 6.16 Å². The summed E-state index contributed by atoms with van der Waals surface area (Å²) in [7, 11) is 2.10. The predicted octanol–water partition coefficient (Wildman–Crippen LogP) is -0.262. The van der Waals surface area contributed by atoms with Crippen molar-refractivity contribution in [3.8, 4) is 0 Å². The normalized spacial score (nSPS) is 14.4. The van der Waals surface area contributed by atoms with Gasteiger partial charge in [0.25, 0.3) is 0 Å². The second-order valence-electron chi connectivity index (χ2n) is 2.72. The lowest BCUT2D eigenvalue weighted by Crippen LogP contribution is -2.32. The van der Waals surface area contributed by atoms with Gasteiger partial charge in [-0.25, -0.2) is 0 Å². The Hall–Kier alpha value is -1.16. The van der Waals surface area contributed by atoms with Gasteiger partial charge in [0.2, 0.25) is 0 Å². The van der Waals surface area contributed by atoms with Gasteiger partial charge in [-0.3, -0.25) is 14.4 Å². The van der Waals surface area contributed by atoms with Crippen molar-refractivity contribution in [2.24, 2.45) is 11.8 Å². The highest BCUT2D eigenvalue weighted by atomic mass is 31.0. The van der Waals surface area contributed by atoms with Crippen molar-refractivity contribution in [1.82, 2.24) is 0 Å². The van der Waals surface area contributed by atoms with E-state index in [1.165, 1.54) is 0 Å². The van der Waals surface area contributed by atoms with Crippen molar-refractivity contribution in [2.45, 2.75) is 6.42 Å². The maximum Gasteiger partial charge on any atom is 0.307 e. The molecule has 3 unspecified atom stereocenters. The van der Waals surface area contributed by atoms with E-state index >= 15 is 0 Å². The lowest BCUT2D eigenvalue weighted by atomic mass is 9.91. The van der Waals surface area contributed by atoms with Gasteiger partial charge in [-0.15, -0.1) is 9.24 Å². The Morgan fingerprint density at radius 2 is 1.43 bits per heavy atom. The zero-order valence-electron chi connectivity index (χ0n) is 7.21. The van der Waals surface area contributed by atoms with E-state index in [0.717, 1.165) is 0 Å². The molecule has 14 heavy (non-hydrogen) atoms. The van der Waals surface area contributed by atoms with Gasteiger partial charge in [0.05, 0.1) is 18.3 Å². The average Bonchev–Trinajstić information content (AvgIpc) is 2.02. The van der Waals surface area contributed by atoms with Crippen LogP contribution in [0.15, 0.2) is 0 Å². The van der Waals surface area contributed by atoms with E-state index in [-0.39, 0.29) is 6.16 Å². The van der Waals surface area contributed by atoms with Crippen molar-refractivity contribution >= 4 is 27.1 Å². The minimum atomic E-state index is -1.40. The van der Waals surface area contributed by atoms with E-state index in [2.05, 4.69) is 9.24 Å². The smallest absolute Gasteiger partial charge is 0.307 e. The molecule has 6 nitrogen and oxygen atoms in total. The maximum absolute atomic E-state index is 10.6. The molecule has 0 saturated carbocycles. The molecular weight excluding hydrogens is 211 g/mol. The monoisotopic (exact) mass is 222 g/mol. The first-order valence-corrected chi connectivity index (χ1v) is 4.59. The van der Waals surface area contributed by atoms with Crippen LogP contribution in [-0.2, 0) is 14.4 Å². The summed E-state index contributed by atoms with van der Waals surface area (Å²) in [5.41, 5.74) is 0. The molecule has 3 atom stereocenters. The second-order valence-corrected chi connectivity index (χ2v) is 3.19. The fourth-order valence-electron chi connectivity index (χ4n) is 1.03. The SMILES string of the molecule is O=C(O)CC(C(=O)O)C(CP)C(=O)O. The first-order valence-electron chi connectivity index (χ1n) is 3.77. The fraction of sp³-hybridized carbons (Fsp3) is 0.571. The third-order valence-electron chi connectivity index (χ3n) is 1.77. The molecule has 80 valence electrons. The largest absolute Gasteiger partial charge is 0.481 e. The number of rotatable bonds is 6. The average molecular weight is 222 g/mol. The van der Waals surface area contributed by atoms with Crippen LogP contribution < -0.4 is 0 Å². The molecule has 0 aromatic rings. The molecule has 7 heteroatoms. The molecule has 0 aliphatic heterocycles. The molecule has 0 bridgehead atoms. The third-order valence-corrected chi connectivity index (χ3v) is 2.28. The van der Waals surface area contributed by atoms with Crippen LogP contribution in [0, 0.1) is 11.8 Å². The molecule has 0 aromatic carbocycles. The quantitative estimate of drug-likeness (QED) is 0.533. The van der Waals surface area contributed by atoms with E-state index < -0.39 is 36.2 Å². The molecule has 0 radical (unpaired) electrons. The van der Waals surface area contributed by atoms with Gasteiger partial charge in [-0.1, -0.05) is 0 Å². The summed E-state index contributed by atoms with van der Waals surface area (Å²) in [4.78, 5) is 31.5. The molecule has 0 aromatic heterocycles. The summed E-state index contributed by atoms with van der Waals surface area (Å²) in [6.45, 7) is 0. The van der Waals surface area contributed by atoms with Crippen LogP contribution >= 0.6 is 9.24 Å².